The van der Waals surface area contributed by atoms with Crippen LogP contribution < -0.4 is 5.73 Å². The van der Waals surface area contributed by atoms with E-state index in [1.807, 2.05) is 26.1 Å². The molecule has 0 aliphatic heterocycles. The van der Waals surface area contributed by atoms with Crippen LogP contribution in [0.15, 0.2) is 18.2 Å². The molecule has 0 atom stereocenters. The number of hydrogen-bond acceptors (Lipinski definition) is 2. The van der Waals surface area contributed by atoms with Gasteiger partial charge in [-0.3, -0.25) is 4.90 Å². The fraction of sp³-hybridized carbons (Fsp3) is 0.364. The van der Waals surface area contributed by atoms with Gasteiger partial charge in [-0.05, 0) is 31.2 Å². The molecule has 0 aromatic heterocycles. The van der Waals surface area contributed by atoms with Gasteiger partial charge in [0.05, 0.1) is 4.99 Å². The van der Waals surface area contributed by atoms with Crippen LogP contribution in [0.2, 0.25) is 5.02 Å². The molecule has 82 valence electrons. The molecule has 0 bridgehead atoms. The van der Waals surface area contributed by atoms with Crippen LogP contribution in [-0.2, 0) is 6.54 Å². The SMILES string of the molecule is Cc1cc(CN(C)CC(N)=S)ccc1Cl. The van der Waals surface area contributed by atoms with Crippen LogP contribution in [0, 0.1) is 6.92 Å². The smallest absolute Gasteiger partial charge is 0.0870 e. The van der Waals surface area contributed by atoms with Crippen LogP contribution in [0.4, 0.5) is 0 Å². The topological polar surface area (TPSA) is 29.3 Å². The lowest BCUT2D eigenvalue weighted by Crippen LogP contribution is -2.28. The summed E-state index contributed by atoms with van der Waals surface area (Å²) in [5.41, 5.74) is 7.78. The van der Waals surface area contributed by atoms with Crippen LogP contribution in [0.3, 0.4) is 0 Å². The second-order valence-electron chi connectivity index (χ2n) is 3.72. The number of rotatable bonds is 4. The van der Waals surface area contributed by atoms with E-state index in [9.17, 15) is 0 Å². The average Bonchev–Trinajstić information content (AvgIpc) is 2.10. The van der Waals surface area contributed by atoms with Gasteiger partial charge in [-0.15, -0.1) is 0 Å². The zero-order valence-corrected chi connectivity index (χ0v) is 10.5. The first-order valence-electron chi connectivity index (χ1n) is 4.71. The molecule has 15 heavy (non-hydrogen) atoms. The van der Waals surface area contributed by atoms with Gasteiger partial charge < -0.3 is 5.73 Å². The van der Waals surface area contributed by atoms with Crippen molar-refractivity contribution >= 4 is 28.8 Å². The number of halogens is 1. The van der Waals surface area contributed by atoms with Crippen molar-refractivity contribution < 1.29 is 0 Å². The van der Waals surface area contributed by atoms with Gasteiger partial charge in [0.1, 0.15) is 0 Å². The van der Waals surface area contributed by atoms with Crippen molar-refractivity contribution in [2.45, 2.75) is 13.5 Å². The Morgan fingerprint density at radius 3 is 2.73 bits per heavy atom. The molecule has 0 spiro atoms. The van der Waals surface area contributed by atoms with E-state index in [1.165, 1.54) is 5.56 Å². The Balaban J connectivity index is 2.64. The van der Waals surface area contributed by atoms with Gasteiger partial charge in [0.15, 0.2) is 0 Å². The minimum atomic E-state index is 0.517. The summed E-state index contributed by atoms with van der Waals surface area (Å²) in [6.45, 7) is 3.46. The van der Waals surface area contributed by atoms with Gasteiger partial charge in [-0.2, -0.15) is 0 Å². The summed E-state index contributed by atoms with van der Waals surface area (Å²) in [6.07, 6.45) is 0. The molecule has 0 aliphatic carbocycles. The van der Waals surface area contributed by atoms with Crippen LogP contribution in [0.5, 0.6) is 0 Å². The first-order valence-corrected chi connectivity index (χ1v) is 5.49. The summed E-state index contributed by atoms with van der Waals surface area (Å²) in [7, 11) is 1.99. The van der Waals surface area contributed by atoms with Crippen molar-refractivity contribution in [2.75, 3.05) is 13.6 Å². The molecule has 1 rings (SSSR count). The zero-order chi connectivity index (χ0) is 11.4. The number of thiocarbonyl (C=S) groups is 1. The Bertz CT molecular complexity index is 366. The lowest BCUT2D eigenvalue weighted by molar-refractivity contribution is 0.374. The predicted octanol–water partition coefficient (Wildman–Crippen LogP) is 2.37. The second-order valence-corrected chi connectivity index (χ2v) is 4.65. The Morgan fingerprint density at radius 2 is 2.20 bits per heavy atom. The number of nitrogens with zero attached hydrogens (tertiary/aromatic N) is 1. The van der Waals surface area contributed by atoms with Gasteiger partial charge in [-0.1, -0.05) is 36.0 Å². The van der Waals surface area contributed by atoms with E-state index in [0.29, 0.717) is 11.5 Å². The largest absolute Gasteiger partial charge is 0.392 e. The molecule has 2 nitrogen and oxygen atoms in total. The van der Waals surface area contributed by atoms with Crippen molar-refractivity contribution in [3.63, 3.8) is 0 Å². The van der Waals surface area contributed by atoms with Crippen LogP contribution in [-0.4, -0.2) is 23.5 Å². The molecule has 0 saturated heterocycles. The predicted molar refractivity (Wildman–Crippen MR) is 69.3 cm³/mol. The lowest BCUT2D eigenvalue weighted by Gasteiger charge is -2.16. The standard InChI is InChI=1S/C11H15ClN2S/c1-8-5-9(3-4-10(8)12)6-14(2)7-11(13)15/h3-5H,6-7H2,1-2H3,(H2,13,15). The van der Waals surface area contributed by atoms with E-state index in [0.717, 1.165) is 17.1 Å². The van der Waals surface area contributed by atoms with Crippen LogP contribution >= 0.6 is 23.8 Å². The van der Waals surface area contributed by atoms with Gasteiger partial charge >= 0.3 is 0 Å². The van der Waals surface area contributed by atoms with Crippen molar-refractivity contribution in [3.8, 4) is 0 Å². The van der Waals surface area contributed by atoms with Crippen molar-refractivity contribution in [2.24, 2.45) is 5.73 Å². The number of nitrogens with two attached hydrogens (primary N) is 1. The summed E-state index contributed by atoms with van der Waals surface area (Å²) in [6, 6.07) is 6.02. The highest BCUT2D eigenvalue weighted by molar-refractivity contribution is 7.80. The summed E-state index contributed by atoms with van der Waals surface area (Å²) in [5.74, 6) is 0. The highest BCUT2D eigenvalue weighted by Crippen LogP contribution is 2.16. The fourth-order valence-corrected chi connectivity index (χ4v) is 1.78. The third-order valence-electron chi connectivity index (χ3n) is 2.10. The van der Waals surface area contributed by atoms with Crippen molar-refractivity contribution in [1.82, 2.24) is 4.90 Å². The Morgan fingerprint density at radius 1 is 1.53 bits per heavy atom. The van der Waals surface area contributed by atoms with Crippen LogP contribution in [0.25, 0.3) is 0 Å². The van der Waals surface area contributed by atoms with E-state index in [1.54, 1.807) is 0 Å². The van der Waals surface area contributed by atoms with Gasteiger partial charge in [0, 0.05) is 18.1 Å². The maximum atomic E-state index is 5.95. The summed E-state index contributed by atoms with van der Waals surface area (Å²) in [5, 5.41) is 0.802. The zero-order valence-electron chi connectivity index (χ0n) is 8.96. The molecule has 0 saturated carbocycles. The highest BCUT2D eigenvalue weighted by Gasteiger charge is 2.03. The van der Waals surface area contributed by atoms with E-state index >= 15 is 0 Å². The Labute approximate surface area is 101 Å². The molecule has 1 aromatic carbocycles. The average molecular weight is 243 g/mol. The first kappa shape index (κ1) is 12.4. The van der Waals surface area contributed by atoms with E-state index in [-0.39, 0.29) is 0 Å². The molecule has 0 unspecified atom stereocenters. The quantitative estimate of drug-likeness (QED) is 0.822. The number of likely N-dealkylation sites (N-methyl/N-ethyl adjacent to an activating group) is 1. The Kier molecular flexibility index (Phi) is 4.51. The van der Waals surface area contributed by atoms with Crippen molar-refractivity contribution in [3.05, 3.63) is 34.3 Å². The summed E-state index contributed by atoms with van der Waals surface area (Å²) in [4.78, 5) is 2.59. The third kappa shape index (κ3) is 4.16. The summed E-state index contributed by atoms with van der Waals surface area (Å²) >= 11 is 10.8. The molecular weight excluding hydrogens is 228 g/mol. The molecule has 0 radical (unpaired) electrons. The molecule has 0 aliphatic rings. The van der Waals surface area contributed by atoms with Crippen LogP contribution in [0.1, 0.15) is 11.1 Å². The minimum absolute atomic E-state index is 0.517. The highest BCUT2D eigenvalue weighted by atomic mass is 35.5. The molecule has 4 heteroatoms. The van der Waals surface area contributed by atoms with E-state index < -0.39 is 0 Å². The number of aryl methyl sites for hydroxylation is 1. The molecule has 0 fully saturated rings. The van der Waals surface area contributed by atoms with Crippen molar-refractivity contribution in [1.29, 1.82) is 0 Å². The van der Waals surface area contributed by atoms with Gasteiger partial charge in [0.2, 0.25) is 0 Å². The number of benzene rings is 1. The Hall–Kier alpha value is -0.640. The fourth-order valence-electron chi connectivity index (χ4n) is 1.44. The second kappa shape index (κ2) is 5.45. The van der Waals surface area contributed by atoms with Gasteiger partial charge in [0.25, 0.3) is 0 Å². The monoisotopic (exact) mass is 242 g/mol. The first-order chi connectivity index (χ1) is 6.99. The molecule has 1 aromatic rings. The minimum Gasteiger partial charge on any atom is -0.392 e. The molecule has 0 amide bonds. The molecule has 0 heterocycles. The normalized spacial score (nSPS) is 10.7. The third-order valence-corrected chi connectivity index (χ3v) is 2.65. The summed E-state index contributed by atoms with van der Waals surface area (Å²) < 4.78 is 0. The lowest BCUT2D eigenvalue weighted by atomic mass is 10.1. The number of hydrogen-bond donors (Lipinski definition) is 1. The molecular formula is C11H15ClN2S. The van der Waals surface area contributed by atoms with E-state index in [4.69, 9.17) is 29.6 Å². The maximum absolute atomic E-state index is 5.95. The molecule has 2 N–H and O–H groups in total. The van der Waals surface area contributed by atoms with Gasteiger partial charge in [-0.25, -0.2) is 0 Å². The maximum Gasteiger partial charge on any atom is 0.0870 e. The van der Waals surface area contributed by atoms with E-state index in [2.05, 4.69) is 11.0 Å².